The second-order valence-electron chi connectivity index (χ2n) is 9.91. The van der Waals surface area contributed by atoms with Gasteiger partial charge in [-0.2, -0.15) is 0 Å². The van der Waals surface area contributed by atoms with Crippen molar-refractivity contribution in [1.29, 1.82) is 5.41 Å². The first kappa shape index (κ1) is 23.9. The third-order valence-electron chi connectivity index (χ3n) is 7.51. The van der Waals surface area contributed by atoms with Crippen LogP contribution in [0.25, 0.3) is 22.2 Å². The quantitative estimate of drug-likeness (QED) is 0.148. The number of aromatic amines is 1. The van der Waals surface area contributed by atoms with Gasteiger partial charge in [0.25, 0.3) is 5.91 Å². The zero-order valence-corrected chi connectivity index (χ0v) is 21.3. The van der Waals surface area contributed by atoms with Crippen molar-refractivity contribution in [2.75, 3.05) is 30.3 Å². The maximum Gasteiger partial charge on any atom is 0.257 e. The molecule has 0 spiro atoms. The van der Waals surface area contributed by atoms with Crippen molar-refractivity contribution in [1.82, 2.24) is 14.9 Å². The van der Waals surface area contributed by atoms with E-state index in [4.69, 9.17) is 16.1 Å². The molecule has 0 saturated carbocycles. The van der Waals surface area contributed by atoms with Crippen LogP contribution < -0.4 is 16.4 Å². The predicted molar refractivity (Wildman–Crippen MR) is 153 cm³/mol. The normalized spacial score (nSPS) is 17.3. The van der Waals surface area contributed by atoms with Crippen molar-refractivity contribution in [2.24, 2.45) is 5.73 Å². The fourth-order valence-electron chi connectivity index (χ4n) is 5.45. The number of carbonyl (C=O) groups excluding carboxylic acids is 1. The molecule has 3 aromatic carbocycles. The Labute approximate surface area is 221 Å². The first-order valence-electron chi connectivity index (χ1n) is 13.1. The van der Waals surface area contributed by atoms with Gasteiger partial charge < -0.3 is 26.3 Å². The summed E-state index contributed by atoms with van der Waals surface area (Å²) >= 11 is 0. The van der Waals surface area contributed by atoms with Gasteiger partial charge in [0.2, 0.25) is 0 Å². The molecular weight excluding hydrogens is 474 g/mol. The molecule has 1 amide bonds. The van der Waals surface area contributed by atoms with E-state index in [1.54, 1.807) is 6.07 Å². The number of aromatic nitrogens is 2. The number of amides is 1. The maximum atomic E-state index is 13.5. The maximum absolute atomic E-state index is 13.5. The number of benzene rings is 3. The molecule has 0 radical (unpaired) electrons. The molecule has 0 bridgehead atoms. The summed E-state index contributed by atoms with van der Waals surface area (Å²) in [5, 5.41) is 14.7. The lowest BCUT2D eigenvalue weighted by atomic mass is 9.93. The average molecular weight is 506 g/mol. The van der Waals surface area contributed by atoms with E-state index in [1.165, 1.54) is 0 Å². The second kappa shape index (κ2) is 9.79. The second-order valence-corrected chi connectivity index (χ2v) is 9.91. The number of amidine groups is 1. The van der Waals surface area contributed by atoms with Gasteiger partial charge in [-0.25, -0.2) is 4.98 Å². The summed E-state index contributed by atoms with van der Waals surface area (Å²) in [5.74, 6) is 0.380. The molecule has 8 heteroatoms. The lowest BCUT2D eigenvalue weighted by Crippen LogP contribution is -2.38. The highest BCUT2D eigenvalue weighted by molar-refractivity contribution is 6.38. The van der Waals surface area contributed by atoms with Gasteiger partial charge in [-0.05, 0) is 61.3 Å². The van der Waals surface area contributed by atoms with Gasteiger partial charge >= 0.3 is 0 Å². The van der Waals surface area contributed by atoms with E-state index in [2.05, 4.69) is 33.5 Å². The molecule has 0 unspecified atom stereocenters. The highest BCUT2D eigenvalue weighted by atomic mass is 16.2. The molecule has 1 saturated heterocycles. The Hall–Kier alpha value is -4.43. The Morgan fingerprint density at radius 1 is 1.08 bits per heavy atom. The molecule has 2 aliphatic heterocycles. The summed E-state index contributed by atoms with van der Waals surface area (Å²) in [4.78, 5) is 24.2. The van der Waals surface area contributed by atoms with Crippen LogP contribution in [0.15, 0.2) is 66.7 Å². The van der Waals surface area contributed by atoms with Crippen LogP contribution in [0.2, 0.25) is 0 Å². The third kappa shape index (κ3) is 4.43. The summed E-state index contributed by atoms with van der Waals surface area (Å²) in [6, 6.07) is 21.7. The molecule has 6 N–H and O–H groups in total. The van der Waals surface area contributed by atoms with Crippen LogP contribution in [0.4, 0.5) is 11.4 Å². The van der Waals surface area contributed by atoms with Crippen molar-refractivity contribution in [3.63, 3.8) is 0 Å². The van der Waals surface area contributed by atoms with E-state index in [9.17, 15) is 4.79 Å². The zero-order chi connectivity index (χ0) is 26.2. The number of imidazole rings is 1. The molecule has 38 heavy (non-hydrogen) atoms. The van der Waals surface area contributed by atoms with Gasteiger partial charge in [0.05, 0.1) is 16.6 Å². The first-order valence-corrected chi connectivity index (χ1v) is 13.1. The Morgan fingerprint density at radius 3 is 2.63 bits per heavy atom. The number of rotatable bonds is 6. The topological polar surface area (TPSA) is 123 Å². The van der Waals surface area contributed by atoms with Crippen molar-refractivity contribution in [2.45, 2.75) is 25.8 Å². The largest absolute Gasteiger partial charge is 0.384 e. The molecule has 6 rings (SSSR count). The molecule has 0 aliphatic carbocycles. The van der Waals surface area contributed by atoms with Gasteiger partial charge in [-0.15, -0.1) is 0 Å². The van der Waals surface area contributed by atoms with Crippen molar-refractivity contribution in [3.05, 3.63) is 89.2 Å². The van der Waals surface area contributed by atoms with Gasteiger partial charge in [-0.3, -0.25) is 10.2 Å². The number of piperidine rings is 1. The molecule has 192 valence electrons. The number of nitrogen functional groups attached to an aromatic ring is 1. The minimum absolute atomic E-state index is 0.0299. The van der Waals surface area contributed by atoms with Gasteiger partial charge in [0, 0.05) is 47.2 Å². The fraction of sp³-hybridized carbons (Fsp3) is 0.233. The van der Waals surface area contributed by atoms with Crippen LogP contribution in [0.5, 0.6) is 0 Å². The standard InChI is InChI=1S/C30H31N7O/c1-2-37-14-12-20(13-15-37)33-21-10-11-23-22(17-21)27(30(38)36-23)26(18-6-5-7-19(16-18)28(31)32)29-34-24-8-3-4-9-25(24)35-29/h3-11,16-17,20,33H,2,12-15H2,1H3,(H3,31,32)(H,34,35)(H,36,38). The summed E-state index contributed by atoms with van der Waals surface area (Å²) in [5.41, 5.74) is 12.7. The smallest absolute Gasteiger partial charge is 0.257 e. The van der Waals surface area contributed by atoms with E-state index in [0.29, 0.717) is 28.6 Å². The van der Waals surface area contributed by atoms with Crippen LogP contribution in [0.1, 0.15) is 42.3 Å². The molecule has 8 nitrogen and oxygen atoms in total. The molecule has 1 aromatic heterocycles. The molecule has 3 heterocycles. The lowest BCUT2D eigenvalue weighted by molar-refractivity contribution is -0.110. The number of hydrogen-bond acceptors (Lipinski definition) is 5. The van der Waals surface area contributed by atoms with Crippen LogP contribution >= 0.6 is 0 Å². The zero-order valence-electron chi connectivity index (χ0n) is 21.3. The van der Waals surface area contributed by atoms with Crippen LogP contribution in [-0.4, -0.2) is 52.3 Å². The Kier molecular flexibility index (Phi) is 6.17. The highest BCUT2D eigenvalue weighted by Gasteiger charge is 2.31. The molecule has 2 aliphatic rings. The summed E-state index contributed by atoms with van der Waals surface area (Å²) in [6.07, 6.45) is 2.18. The Bertz CT molecular complexity index is 1540. The van der Waals surface area contributed by atoms with E-state index in [1.807, 2.05) is 54.6 Å². The monoisotopic (exact) mass is 505 g/mol. The summed E-state index contributed by atoms with van der Waals surface area (Å²) in [6.45, 7) is 5.47. The SMILES string of the molecule is CCN1CCC(Nc2ccc3c(c2)C(=C(c2cccc(C(=N)N)c2)c2nc4ccccc4[nH]2)C(=O)N3)CC1. The van der Waals surface area contributed by atoms with Crippen molar-refractivity contribution < 1.29 is 4.79 Å². The van der Waals surface area contributed by atoms with Crippen LogP contribution in [-0.2, 0) is 4.79 Å². The van der Waals surface area contributed by atoms with E-state index in [-0.39, 0.29) is 11.7 Å². The van der Waals surface area contributed by atoms with Crippen LogP contribution in [0.3, 0.4) is 0 Å². The number of likely N-dealkylation sites (tertiary alicyclic amines) is 1. The van der Waals surface area contributed by atoms with Crippen molar-refractivity contribution in [3.8, 4) is 0 Å². The number of nitrogens with one attached hydrogen (secondary N) is 4. The Morgan fingerprint density at radius 2 is 1.87 bits per heavy atom. The number of H-pyrrole nitrogens is 1. The van der Waals surface area contributed by atoms with E-state index < -0.39 is 0 Å². The van der Waals surface area contributed by atoms with Gasteiger partial charge in [0.15, 0.2) is 0 Å². The average Bonchev–Trinajstić information content (AvgIpc) is 3.50. The first-order chi connectivity index (χ1) is 18.5. The number of hydrogen-bond donors (Lipinski definition) is 5. The third-order valence-corrected chi connectivity index (χ3v) is 7.51. The highest BCUT2D eigenvalue weighted by Crippen LogP contribution is 2.41. The molecule has 4 aromatic rings. The lowest BCUT2D eigenvalue weighted by Gasteiger charge is -2.32. The number of nitrogens with two attached hydrogens (primary N) is 1. The molecule has 1 fully saturated rings. The van der Waals surface area contributed by atoms with Crippen molar-refractivity contribution >= 4 is 45.3 Å². The van der Waals surface area contributed by atoms with Gasteiger partial charge in [0.1, 0.15) is 11.7 Å². The van der Waals surface area contributed by atoms with E-state index in [0.717, 1.165) is 66.0 Å². The number of nitrogens with zero attached hydrogens (tertiary/aromatic N) is 2. The van der Waals surface area contributed by atoms with E-state index >= 15 is 0 Å². The fourth-order valence-corrected chi connectivity index (χ4v) is 5.45. The molecular formula is C30H31N7O. The van der Waals surface area contributed by atoms with Gasteiger partial charge in [-0.1, -0.05) is 37.3 Å². The summed E-state index contributed by atoms with van der Waals surface area (Å²) < 4.78 is 0. The predicted octanol–water partition coefficient (Wildman–Crippen LogP) is 4.65. The van der Waals surface area contributed by atoms with Crippen LogP contribution in [0, 0.1) is 5.41 Å². The number of anilines is 2. The minimum Gasteiger partial charge on any atom is -0.384 e. The number of para-hydroxylation sites is 2. The Balaban J connectivity index is 1.48. The molecule has 0 atom stereocenters. The number of carbonyl (C=O) groups is 1. The summed E-state index contributed by atoms with van der Waals surface area (Å²) in [7, 11) is 0. The minimum atomic E-state index is -0.183. The number of fused-ring (bicyclic) bond motifs is 2.